The van der Waals surface area contributed by atoms with Gasteiger partial charge in [0.25, 0.3) is 11.3 Å². The van der Waals surface area contributed by atoms with Crippen LogP contribution in [0, 0.1) is 5.92 Å². The number of likely N-dealkylation sites (tertiary alicyclic amines) is 1. The fourth-order valence-corrected chi connectivity index (χ4v) is 6.33. The average molecular weight is 591 g/mol. The van der Waals surface area contributed by atoms with Gasteiger partial charge in [-0.3, -0.25) is 9.35 Å². The number of pyridine rings is 1. The summed E-state index contributed by atoms with van der Waals surface area (Å²) in [5.41, 5.74) is 6.73. The Morgan fingerprint density at radius 2 is 2.08 bits per heavy atom. The number of carbonyl (C=O) groups excluding carboxylic acids is 2. The van der Waals surface area contributed by atoms with Gasteiger partial charge < -0.3 is 25.0 Å². The molecule has 3 N–H and O–H groups in total. The lowest BCUT2D eigenvalue weighted by atomic mass is 10.00. The number of ether oxygens (including phenoxy) is 2. The summed E-state index contributed by atoms with van der Waals surface area (Å²) in [5, 5.41) is 2.53. The van der Waals surface area contributed by atoms with Gasteiger partial charge >= 0.3 is 5.97 Å². The van der Waals surface area contributed by atoms with Crippen molar-refractivity contribution in [1.29, 1.82) is 0 Å². The number of carbonyl (C=O) groups is 2. The minimum Gasteiger partial charge on any atom is -0.496 e. The third-order valence-corrected chi connectivity index (χ3v) is 8.63. The fraction of sp³-hybridized carbons (Fsp3) is 0.462. The molecule has 0 radical (unpaired) electrons. The summed E-state index contributed by atoms with van der Waals surface area (Å²) in [7, 11) is 5.14. The first-order valence-electron chi connectivity index (χ1n) is 12.7. The van der Waals surface area contributed by atoms with Gasteiger partial charge in [0.05, 0.1) is 19.9 Å². The molecule has 0 saturated carbocycles. The van der Waals surface area contributed by atoms with Gasteiger partial charge in [-0.05, 0) is 41.5 Å². The van der Waals surface area contributed by atoms with Gasteiger partial charge in [0.2, 0.25) is 5.91 Å². The van der Waals surface area contributed by atoms with Gasteiger partial charge in [-0.25, -0.2) is 23.3 Å². The summed E-state index contributed by atoms with van der Waals surface area (Å²) in [5.74, 6) is -0.0476. The summed E-state index contributed by atoms with van der Waals surface area (Å²) in [6.45, 7) is 4.24. The van der Waals surface area contributed by atoms with Gasteiger partial charge in [-0.15, -0.1) is 0 Å². The first-order valence-corrected chi connectivity index (χ1v) is 14.6. The van der Waals surface area contributed by atoms with Crippen LogP contribution in [-0.4, -0.2) is 81.9 Å². The lowest BCUT2D eigenvalue weighted by Gasteiger charge is -2.29. The Kier molecular flexibility index (Phi) is 9.11. The molecule has 40 heavy (non-hydrogen) atoms. The standard InChI is InChI=1S/C26H34N6O6S2/c1-15(2)14-38-25(34)20(11-17-10-16-6-8-28-23(27)18(16)12-21(17)37-5)31-9-7-19(24(31)33)32(40(35)36)22-13-29-26(39-22)30(3)4/h6,8,10,12-13,15,19-20H,7,9,11,14H2,1-5H3,(H2,27,28)(H,35,36)/t19-,20+/m0/s1. The highest BCUT2D eigenvalue weighted by molar-refractivity contribution is 7.81. The number of amides is 1. The van der Waals surface area contributed by atoms with Crippen LogP contribution in [0.5, 0.6) is 5.75 Å². The zero-order valence-electron chi connectivity index (χ0n) is 23.1. The Balaban J connectivity index is 1.68. The van der Waals surface area contributed by atoms with E-state index in [4.69, 9.17) is 15.2 Å². The third kappa shape index (κ3) is 6.13. The Morgan fingerprint density at radius 1 is 1.32 bits per heavy atom. The Labute approximate surface area is 239 Å². The largest absolute Gasteiger partial charge is 0.496 e. The van der Waals surface area contributed by atoms with Crippen molar-refractivity contribution in [2.24, 2.45) is 5.92 Å². The van der Waals surface area contributed by atoms with Gasteiger partial charge in [-0.2, -0.15) is 0 Å². The molecule has 1 fully saturated rings. The van der Waals surface area contributed by atoms with Crippen molar-refractivity contribution in [3.8, 4) is 5.75 Å². The molecular weight excluding hydrogens is 556 g/mol. The Bertz CT molecular complexity index is 1410. The Morgan fingerprint density at radius 3 is 2.70 bits per heavy atom. The van der Waals surface area contributed by atoms with Crippen LogP contribution < -0.4 is 19.7 Å². The number of hydrogen-bond donors (Lipinski definition) is 2. The number of nitrogens with two attached hydrogens (primary N) is 1. The van der Waals surface area contributed by atoms with Crippen LogP contribution >= 0.6 is 11.3 Å². The predicted octanol–water partition coefficient (Wildman–Crippen LogP) is 2.70. The number of aromatic nitrogens is 2. The zero-order chi connectivity index (χ0) is 29.1. The van der Waals surface area contributed by atoms with E-state index in [0.717, 1.165) is 9.69 Å². The SMILES string of the molecule is COc1cc2c(N)nccc2cc1C[C@H](C(=O)OCC(C)C)N1CC[C@H](N(c2cnc(N(C)C)s2)S(=O)O)C1=O. The molecule has 216 valence electrons. The fourth-order valence-electron chi connectivity index (χ4n) is 4.61. The molecule has 0 spiro atoms. The minimum atomic E-state index is -2.49. The molecule has 1 aliphatic heterocycles. The molecule has 14 heteroatoms. The predicted molar refractivity (Wildman–Crippen MR) is 156 cm³/mol. The highest BCUT2D eigenvalue weighted by atomic mass is 32.2. The van der Waals surface area contributed by atoms with E-state index in [0.29, 0.717) is 32.6 Å². The lowest BCUT2D eigenvalue weighted by molar-refractivity contribution is -0.154. The van der Waals surface area contributed by atoms with E-state index in [-0.39, 0.29) is 31.9 Å². The highest BCUT2D eigenvalue weighted by Gasteiger charge is 2.44. The number of nitrogens with zero attached hydrogens (tertiary/aromatic N) is 5. The van der Waals surface area contributed by atoms with E-state index in [1.807, 2.05) is 40.1 Å². The van der Waals surface area contributed by atoms with Gasteiger partial charge in [0.1, 0.15) is 28.7 Å². The van der Waals surface area contributed by atoms with Crippen molar-refractivity contribution in [3.63, 3.8) is 0 Å². The molecule has 1 saturated heterocycles. The molecule has 0 bridgehead atoms. The van der Waals surface area contributed by atoms with Gasteiger partial charge in [-0.1, -0.05) is 25.2 Å². The van der Waals surface area contributed by atoms with E-state index >= 15 is 0 Å². The minimum absolute atomic E-state index is 0.0989. The number of esters is 1. The maximum absolute atomic E-state index is 13.8. The smallest absolute Gasteiger partial charge is 0.329 e. The van der Waals surface area contributed by atoms with Crippen molar-refractivity contribution in [2.75, 3.05) is 49.3 Å². The number of benzene rings is 1. The molecule has 1 aromatic carbocycles. The summed E-state index contributed by atoms with van der Waals surface area (Å²) in [4.78, 5) is 38.9. The third-order valence-electron chi connectivity index (χ3n) is 6.56. The first-order chi connectivity index (χ1) is 19.0. The second kappa shape index (κ2) is 12.4. The van der Waals surface area contributed by atoms with Crippen LogP contribution in [0.4, 0.5) is 16.0 Å². The zero-order valence-corrected chi connectivity index (χ0v) is 24.7. The molecular formula is C26H34N6O6S2. The van der Waals surface area contributed by atoms with E-state index in [1.165, 1.54) is 29.5 Å². The van der Waals surface area contributed by atoms with Gasteiger partial charge in [0.15, 0.2) is 5.13 Å². The maximum atomic E-state index is 13.8. The van der Waals surface area contributed by atoms with Crippen molar-refractivity contribution >= 4 is 61.2 Å². The number of methoxy groups -OCH3 is 1. The molecule has 12 nitrogen and oxygen atoms in total. The summed E-state index contributed by atoms with van der Waals surface area (Å²) < 4.78 is 35.0. The van der Waals surface area contributed by atoms with E-state index < -0.39 is 35.2 Å². The van der Waals surface area contributed by atoms with E-state index in [1.54, 1.807) is 17.2 Å². The molecule has 1 unspecified atom stereocenters. The number of nitrogen functional groups attached to an aromatic ring is 1. The summed E-state index contributed by atoms with van der Waals surface area (Å²) in [6.07, 6.45) is 3.43. The van der Waals surface area contributed by atoms with Crippen molar-refractivity contribution in [2.45, 2.75) is 38.8 Å². The summed E-state index contributed by atoms with van der Waals surface area (Å²) >= 11 is -1.29. The molecule has 3 aromatic rings. The van der Waals surface area contributed by atoms with Crippen LogP contribution in [0.1, 0.15) is 25.8 Å². The molecule has 2 aromatic heterocycles. The van der Waals surface area contributed by atoms with Crippen LogP contribution in [0.25, 0.3) is 10.8 Å². The molecule has 0 aliphatic carbocycles. The highest BCUT2D eigenvalue weighted by Crippen LogP contribution is 2.35. The lowest BCUT2D eigenvalue weighted by Crippen LogP contribution is -2.49. The number of hydrogen-bond acceptors (Lipinski definition) is 10. The molecule has 3 atom stereocenters. The second-order valence-electron chi connectivity index (χ2n) is 10.1. The second-order valence-corrected chi connectivity index (χ2v) is 11.9. The molecule has 1 aliphatic rings. The average Bonchev–Trinajstić information content (AvgIpc) is 3.53. The van der Waals surface area contributed by atoms with E-state index in [2.05, 4.69) is 9.97 Å². The number of rotatable bonds is 11. The molecule has 4 rings (SSSR count). The van der Waals surface area contributed by atoms with Crippen molar-refractivity contribution in [3.05, 3.63) is 36.2 Å². The molecule has 3 heterocycles. The maximum Gasteiger partial charge on any atom is 0.329 e. The van der Waals surface area contributed by atoms with Crippen LogP contribution in [-0.2, 0) is 32.0 Å². The monoisotopic (exact) mass is 590 g/mol. The van der Waals surface area contributed by atoms with Crippen molar-refractivity contribution < 1.29 is 27.8 Å². The van der Waals surface area contributed by atoms with Gasteiger partial charge in [0, 0.05) is 38.6 Å². The van der Waals surface area contributed by atoms with Crippen molar-refractivity contribution in [1.82, 2.24) is 14.9 Å². The summed E-state index contributed by atoms with van der Waals surface area (Å²) in [6, 6.07) is 3.51. The van der Waals surface area contributed by atoms with E-state index in [9.17, 15) is 18.4 Å². The van der Waals surface area contributed by atoms with Crippen LogP contribution in [0.15, 0.2) is 30.6 Å². The number of fused-ring (bicyclic) bond motifs is 1. The number of thiazole rings is 1. The topological polar surface area (TPSA) is 151 Å². The Hall–Kier alpha value is -3.49. The quantitative estimate of drug-likeness (QED) is 0.252. The first kappa shape index (κ1) is 29.5. The molecule has 1 amide bonds. The van der Waals surface area contributed by atoms with Crippen LogP contribution in [0.3, 0.4) is 0 Å². The normalized spacial score (nSPS) is 16.8. The number of anilines is 3. The van der Waals surface area contributed by atoms with Crippen LogP contribution in [0.2, 0.25) is 0 Å².